The number of amides is 1. The normalized spacial score (nSPS) is 21.3. The fourth-order valence-electron chi connectivity index (χ4n) is 3.04. The number of β-amino-alcohol motifs (C(OH)–C–C–N with tert-alkyl or cyclic N) is 1. The highest BCUT2D eigenvalue weighted by molar-refractivity contribution is 5.95. The SMILES string of the molecule is Cc1occc1C(=O)N1CC(O)CC1c1cccc(C(F)(F)F)c1. The fraction of sp³-hybridized carbons (Fsp3) is 0.353. The van der Waals surface area contributed by atoms with Crippen molar-refractivity contribution in [3.05, 3.63) is 59.0 Å². The first-order chi connectivity index (χ1) is 11.3. The summed E-state index contributed by atoms with van der Waals surface area (Å²) in [6, 6.07) is 5.79. The minimum absolute atomic E-state index is 0.0738. The van der Waals surface area contributed by atoms with Crippen molar-refractivity contribution in [1.29, 1.82) is 0 Å². The van der Waals surface area contributed by atoms with Crippen LogP contribution in [0, 0.1) is 6.92 Å². The maximum Gasteiger partial charge on any atom is 0.416 e. The van der Waals surface area contributed by atoms with Gasteiger partial charge in [0.1, 0.15) is 5.76 Å². The van der Waals surface area contributed by atoms with Crippen LogP contribution < -0.4 is 0 Å². The van der Waals surface area contributed by atoms with E-state index < -0.39 is 23.9 Å². The maximum atomic E-state index is 12.9. The van der Waals surface area contributed by atoms with Crippen molar-refractivity contribution in [1.82, 2.24) is 4.90 Å². The summed E-state index contributed by atoms with van der Waals surface area (Å²) < 4.78 is 43.9. The molecule has 1 aromatic heterocycles. The van der Waals surface area contributed by atoms with Crippen molar-refractivity contribution in [2.24, 2.45) is 0 Å². The summed E-state index contributed by atoms with van der Waals surface area (Å²) in [6.45, 7) is 1.71. The lowest BCUT2D eigenvalue weighted by atomic mass is 10.0. The molecule has 1 aliphatic rings. The summed E-state index contributed by atoms with van der Waals surface area (Å²) in [5.74, 6) is 0.0735. The molecule has 3 rings (SSSR count). The molecule has 7 heteroatoms. The zero-order valence-electron chi connectivity index (χ0n) is 12.9. The molecule has 1 fully saturated rings. The standard InChI is InChI=1S/C17H16F3NO3/c1-10-14(5-6-24-10)16(23)21-9-13(22)8-15(21)11-3-2-4-12(7-11)17(18,19)20/h2-7,13,15,22H,8-9H2,1H3. The Morgan fingerprint density at radius 3 is 2.71 bits per heavy atom. The smallest absolute Gasteiger partial charge is 0.416 e. The highest BCUT2D eigenvalue weighted by atomic mass is 19.4. The number of aliphatic hydroxyl groups excluding tert-OH is 1. The number of furan rings is 1. The van der Waals surface area contributed by atoms with Crippen molar-refractivity contribution in [2.45, 2.75) is 31.7 Å². The molecule has 0 spiro atoms. The zero-order chi connectivity index (χ0) is 17.5. The van der Waals surface area contributed by atoms with Gasteiger partial charge in [0.05, 0.1) is 29.5 Å². The number of carbonyl (C=O) groups is 1. The number of likely N-dealkylation sites (tertiary alicyclic amines) is 1. The average Bonchev–Trinajstić information content (AvgIpc) is 3.12. The quantitative estimate of drug-likeness (QED) is 0.910. The molecule has 128 valence electrons. The topological polar surface area (TPSA) is 53.7 Å². The molecular formula is C17H16F3NO3. The number of hydrogen-bond acceptors (Lipinski definition) is 3. The predicted molar refractivity (Wildman–Crippen MR) is 79.3 cm³/mol. The van der Waals surface area contributed by atoms with Gasteiger partial charge in [0, 0.05) is 6.54 Å². The summed E-state index contributed by atoms with van der Waals surface area (Å²) in [7, 11) is 0. The second-order valence-electron chi connectivity index (χ2n) is 5.88. The molecule has 2 aromatic rings. The Morgan fingerprint density at radius 1 is 1.33 bits per heavy atom. The van der Waals surface area contributed by atoms with Gasteiger partial charge in [0.2, 0.25) is 0 Å². The molecule has 0 bridgehead atoms. The molecule has 2 unspecified atom stereocenters. The van der Waals surface area contributed by atoms with Crippen LogP contribution in [0.25, 0.3) is 0 Å². The van der Waals surface area contributed by atoms with Crippen molar-refractivity contribution in [2.75, 3.05) is 6.54 Å². The lowest BCUT2D eigenvalue weighted by molar-refractivity contribution is -0.137. The summed E-state index contributed by atoms with van der Waals surface area (Å²) in [4.78, 5) is 14.1. The number of aliphatic hydroxyl groups is 1. The van der Waals surface area contributed by atoms with E-state index >= 15 is 0 Å². The molecule has 1 aliphatic heterocycles. The van der Waals surface area contributed by atoms with Gasteiger partial charge in [-0.25, -0.2) is 0 Å². The lowest BCUT2D eigenvalue weighted by Gasteiger charge is -2.25. The highest BCUT2D eigenvalue weighted by Crippen LogP contribution is 2.37. The molecule has 0 radical (unpaired) electrons. The first-order valence-electron chi connectivity index (χ1n) is 7.47. The van der Waals surface area contributed by atoms with Crippen LogP contribution in [0.2, 0.25) is 0 Å². The molecule has 1 amide bonds. The average molecular weight is 339 g/mol. The number of nitrogens with zero attached hydrogens (tertiary/aromatic N) is 1. The summed E-state index contributed by atoms with van der Waals surface area (Å²) >= 11 is 0. The molecule has 1 saturated heterocycles. The van der Waals surface area contributed by atoms with Gasteiger partial charge in [-0.15, -0.1) is 0 Å². The summed E-state index contributed by atoms with van der Waals surface area (Å²) in [5, 5.41) is 9.94. The van der Waals surface area contributed by atoms with Crippen LogP contribution in [-0.2, 0) is 6.18 Å². The third-order valence-electron chi connectivity index (χ3n) is 4.23. The first-order valence-corrected chi connectivity index (χ1v) is 7.47. The van der Waals surface area contributed by atoms with E-state index in [1.54, 1.807) is 13.0 Å². The van der Waals surface area contributed by atoms with Crippen molar-refractivity contribution in [3.8, 4) is 0 Å². The molecule has 2 atom stereocenters. The molecular weight excluding hydrogens is 323 g/mol. The zero-order valence-corrected chi connectivity index (χ0v) is 12.9. The molecule has 2 heterocycles. The summed E-state index contributed by atoms with van der Waals surface area (Å²) in [6.07, 6.45) is -3.65. The van der Waals surface area contributed by atoms with Crippen LogP contribution in [0.3, 0.4) is 0 Å². The number of hydrogen-bond donors (Lipinski definition) is 1. The van der Waals surface area contributed by atoms with Crippen LogP contribution in [0.15, 0.2) is 41.0 Å². The van der Waals surface area contributed by atoms with E-state index in [4.69, 9.17) is 4.42 Å². The van der Waals surface area contributed by atoms with E-state index in [-0.39, 0.29) is 18.9 Å². The molecule has 0 aliphatic carbocycles. The Hall–Kier alpha value is -2.28. The predicted octanol–water partition coefficient (Wildman–Crippen LogP) is 3.55. The minimum Gasteiger partial charge on any atom is -0.469 e. The third-order valence-corrected chi connectivity index (χ3v) is 4.23. The van der Waals surface area contributed by atoms with Crippen LogP contribution in [0.5, 0.6) is 0 Å². The Morgan fingerprint density at radius 2 is 2.08 bits per heavy atom. The van der Waals surface area contributed by atoms with E-state index in [2.05, 4.69) is 0 Å². The second kappa shape index (κ2) is 5.98. The molecule has 0 saturated carbocycles. The van der Waals surface area contributed by atoms with E-state index in [0.29, 0.717) is 16.9 Å². The Balaban J connectivity index is 1.94. The van der Waals surface area contributed by atoms with Gasteiger partial charge in [0.25, 0.3) is 5.91 Å². The molecule has 1 aromatic carbocycles. The fourth-order valence-corrected chi connectivity index (χ4v) is 3.04. The minimum atomic E-state index is -4.46. The molecule has 24 heavy (non-hydrogen) atoms. The van der Waals surface area contributed by atoms with E-state index in [1.165, 1.54) is 23.3 Å². The number of rotatable bonds is 2. The number of benzene rings is 1. The van der Waals surface area contributed by atoms with Gasteiger partial charge >= 0.3 is 6.18 Å². The van der Waals surface area contributed by atoms with Gasteiger partial charge in [0.15, 0.2) is 0 Å². The highest BCUT2D eigenvalue weighted by Gasteiger charge is 2.38. The largest absolute Gasteiger partial charge is 0.469 e. The van der Waals surface area contributed by atoms with Crippen LogP contribution in [0.1, 0.15) is 39.7 Å². The van der Waals surface area contributed by atoms with Crippen molar-refractivity contribution in [3.63, 3.8) is 0 Å². The summed E-state index contributed by atoms with van der Waals surface area (Å²) in [5.41, 5.74) is -0.0646. The third kappa shape index (κ3) is 3.03. The van der Waals surface area contributed by atoms with Crippen LogP contribution >= 0.6 is 0 Å². The van der Waals surface area contributed by atoms with Crippen LogP contribution in [-0.4, -0.2) is 28.6 Å². The van der Waals surface area contributed by atoms with Gasteiger partial charge in [-0.05, 0) is 37.1 Å². The Bertz CT molecular complexity index is 754. The van der Waals surface area contributed by atoms with Gasteiger partial charge < -0.3 is 14.4 Å². The van der Waals surface area contributed by atoms with Crippen molar-refractivity contribution < 1.29 is 27.5 Å². The van der Waals surface area contributed by atoms with Gasteiger partial charge in [-0.1, -0.05) is 12.1 Å². The van der Waals surface area contributed by atoms with Gasteiger partial charge in [-0.2, -0.15) is 13.2 Å². The lowest BCUT2D eigenvalue weighted by Crippen LogP contribution is -2.32. The molecule has 1 N–H and O–H groups in total. The van der Waals surface area contributed by atoms with E-state index in [9.17, 15) is 23.1 Å². The number of halogens is 3. The number of alkyl halides is 3. The first kappa shape index (κ1) is 16.6. The Labute approximate surface area is 136 Å². The second-order valence-corrected chi connectivity index (χ2v) is 5.88. The maximum absolute atomic E-state index is 12.9. The molecule has 4 nitrogen and oxygen atoms in total. The monoisotopic (exact) mass is 339 g/mol. The number of aryl methyl sites for hydroxylation is 1. The Kier molecular flexibility index (Phi) is 4.13. The van der Waals surface area contributed by atoms with Crippen molar-refractivity contribution >= 4 is 5.91 Å². The van der Waals surface area contributed by atoms with E-state index in [1.807, 2.05) is 0 Å². The van der Waals surface area contributed by atoms with Crippen LogP contribution in [0.4, 0.5) is 13.2 Å². The van der Waals surface area contributed by atoms with E-state index in [0.717, 1.165) is 12.1 Å². The number of carbonyl (C=O) groups excluding carboxylic acids is 1. The van der Waals surface area contributed by atoms with Gasteiger partial charge in [-0.3, -0.25) is 4.79 Å².